The third kappa shape index (κ3) is 5.85. The van der Waals surface area contributed by atoms with Gasteiger partial charge in [0.05, 0.1) is 6.54 Å². The van der Waals surface area contributed by atoms with E-state index < -0.39 is 0 Å². The highest BCUT2D eigenvalue weighted by atomic mass is 16.1. The summed E-state index contributed by atoms with van der Waals surface area (Å²) in [5, 5.41) is 0. The Labute approximate surface area is 123 Å². The zero-order valence-corrected chi connectivity index (χ0v) is 13.4. The van der Waals surface area contributed by atoms with Crippen molar-refractivity contribution in [1.29, 1.82) is 0 Å². The molecule has 0 aliphatic carbocycles. The Morgan fingerprint density at radius 1 is 1.00 bits per heavy atom. The van der Waals surface area contributed by atoms with Crippen LogP contribution in [0, 0.1) is 0 Å². The molecule has 0 heterocycles. The van der Waals surface area contributed by atoms with Crippen molar-refractivity contribution in [2.24, 2.45) is 0 Å². The maximum atomic E-state index is 12.3. The zero-order chi connectivity index (χ0) is 15.0. The lowest BCUT2D eigenvalue weighted by Gasteiger charge is -2.22. The normalized spacial score (nSPS) is 11.3. The van der Waals surface area contributed by atoms with Crippen molar-refractivity contribution in [1.82, 2.24) is 9.80 Å². The highest BCUT2D eigenvalue weighted by Gasteiger charge is 2.12. The topological polar surface area (TPSA) is 23.6 Å². The molecule has 1 aromatic rings. The van der Waals surface area contributed by atoms with Crippen LogP contribution in [0.3, 0.4) is 0 Å². The molecule has 0 saturated heterocycles. The monoisotopic (exact) mass is 276 g/mol. The maximum absolute atomic E-state index is 12.3. The number of rotatable bonds is 9. The molecule has 3 nitrogen and oxygen atoms in total. The van der Waals surface area contributed by atoms with E-state index in [9.17, 15) is 4.79 Å². The van der Waals surface area contributed by atoms with Gasteiger partial charge < -0.3 is 4.90 Å². The number of hydrogen-bond donors (Lipinski definition) is 0. The minimum absolute atomic E-state index is 0.222. The average Bonchev–Trinajstić information content (AvgIpc) is 2.45. The first-order chi connectivity index (χ1) is 9.56. The summed E-state index contributed by atoms with van der Waals surface area (Å²) in [5.41, 5.74) is 2.10. The van der Waals surface area contributed by atoms with E-state index in [0.29, 0.717) is 6.54 Å². The van der Waals surface area contributed by atoms with Crippen molar-refractivity contribution in [2.75, 3.05) is 40.3 Å². The van der Waals surface area contributed by atoms with Crippen LogP contribution in [0.2, 0.25) is 0 Å². The number of Topliss-reactive ketones (excluding diaryl/α,β-unsaturated/α-hetero) is 1. The summed E-state index contributed by atoms with van der Waals surface area (Å²) in [5.74, 6) is 0.222. The van der Waals surface area contributed by atoms with Crippen LogP contribution in [0.1, 0.15) is 36.2 Å². The fourth-order valence-corrected chi connectivity index (χ4v) is 2.15. The highest BCUT2D eigenvalue weighted by molar-refractivity contribution is 5.97. The van der Waals surface area contributed by atoms with Gasteiger partial charge in [-0.3, -0.25) is 9.69 Å². The van der Waals surface area contributed by atoms with E-state index in [1.165, 1.54) is 5.56 Å². The van der Waals surface area contributed by atoms with E-state index in [1.807, 2.05) is 12.1 Å². The number of benzene rings is 1. The lowest BCUT2D eigenvalue weighted by molar-refractivity contribution is 0.0925. The van der Waals surface area contributed by atoms with E-state index in [1.54, 1.807) is 0 Å². The van der Waals surface area contributed by atoms with Crippen molar-refractivity contribution in [2.45, 2.75) is 26.7 Å². The molecule has 0 aliphatic heterocycles. The fourth-order valence-electron chi connectivity index (χ4n) is 2.15. The number of carbonyl (C=O) groups is 1. The minimum atomic E-state index is 0.222. The van der Waals surface area contributed by atoms with Gasteiger partial charge in [-0.1, -0.05) is 38.1 Å². The quantitative estimate of drug-likeness (QED) is 0.648. The van der Waals surface area contributed by atoms with Crippen molar-refractivity contribution in [3.05, 3.63) is 35.4 Å². The molecule has 0 saturated carbocycles. The second kappa shape index (κ2) is 8.88. The van der Waals surface area contributed by atoms with Crippen molar-refractivity contribution in [3.63, 3.8) is 0 Å². The molecule has 1 aromatic carbocycles. The highest BCUT2D eigenvalue weighted by Crippen LogP contribution is 2.07. The predicted molar refractivity (Wildman–Crippen MR) is 85.4 cm³/mol. The summed E-state index contributed by atoms with van der Waals surface area (Å²) >= 11 is 0. The molecule has 0 fully saturated rings. The van der Waals surface area contributed by atoms with Gasteiger partial charge in [0.25, 0.3) is 0 Å². The van der Waals surface area contributed by atoms with Crippen LogP contribution >= 0.6 is 0 Å². The van der Waals surface area contributed by atoms with E-state index in [0.717, 1.165) is 38.0 Å². The summed E-state index contributed by atoms with van der Waals surface area (Å²) < 4.78 is 0. The number of ketones is 1. The smallest absolute Gasteiger partial charge is 0.176 e. The predicted octanol–water partition coefficient (Wildman–Crippen LogP) is 2.71. The molecular weight excluding hydrogens is 248 g/mol. The first-order valence-electron chi connectivity index (χ1n) is 7.56. The first-order valence-corrected chi connectivity index (χ1v) is 7.56. The SMILES string of the molecule is CCCN(CCN(C)C)CC(=O)c1ccc(CC)cc1. The summed E-state index contributed by atoms with van der Waals surface area (Å²) in [7, 11) is 4.13. The van der Waals surface area contributed by atoms with E-state index in [-0.39, 0.29) is 5.78 Å². The summed E-state index contributed by atoms with van der Waals surface area (Å²) in [6.07, 6.45) is 2.09. The van der Waals surface area contributed by atoms with Crippen LogP contribution in [0.4, 0.5) is 0 Å². The minimum Gasteiger partial charge on any atom is -0.308 e. The molecule has 3 heteroatoms. The maximum Gasteiger partial charge on any atom is 0.176 e. The lowest BCUT2D eigenvalue weighted by atomic mass is 10.1. The zero-order valence-electron chi connectivity index (χ0n) is 13.4. The molecule has 1 rings (SSSR count). The number of hydrogen-bond acceptors (Lipinski definition) is 3. The lowest BCUT2D eigenvalue weighted by Crippen LogP contribution is -2.36. The van der Waals surface area contributed by atoms with Crippen LogP contribution in [0.5, 0.6) is 0 Å². The number of nitrogens with zero attached hydrogens (tertiary/aromatic N) is 2. The Kier molecular flexibility index (Phi) is 7.48. The molecule has 0 N–H and O–H groups in total. The van der Waals surface area contributed by atoms with Gasteiger partial charge in [-0.25, -0.2) is 0 Å². The molecule has 0 bridgehead atoms. The third-order valence-corrected chi connectivity index (χ3v) is 3.45. The molecule has 0 amide bonds. The molecule has 112 valence electrons. The van der Waals surface area contributed by atoms with Gasteiger partial charge in [0.1, 0.15) is 0 Å². The number of carbonyl (C=O) groups excluding carboxylic acids is 1. The molecule has 0 aromatic heterocycles. The van der Waals surface area contributed by atoms with Gasteiger partial charge >= 0.3 is 0 Å². The number of aryl methyl sites for hydroxylation is 1. The van der Waals surface area contributed by atoms with Crippen LogP contribution in [-0.4, -0.2) is 55.9 Å². The Morgan fingerprint density at radius 2 is 1.65 bits per heavy atom. The van der Waals surface area contributed by atoms with Crippen LogP contribution in [-0.2, 0) is 6.42 Å². The average molecular weight is 276 g/mol. The van der Waals surface area contributed by atoms with Gasteiger partial charge in [-0.15, -0.1) is 0 Å². The molecule has 0 radical (unpaired) electrons. The molecule has 0 atom stereocenters. The molecular formula is C17H28N2O. The van der Waals surface area contributed by atoms with Gasteiger partial charge in [-0.05, 0) is 39.0 Å². The molecule has 0 aliphatic rings. The van der Waals surface area contributed by atoms with Crippen molar-refractivity contribution >= 4 is 5.78 Å². The summed E-state index contributed by atoms with van der Waals surface area (Å²) in [6, 6.07) is 8.02. The molecule has 20 heavy (non-hydrogen) atoms. The van der Waals surface area contributed by atoms with Gasteiger partial charge in [0.15, 0.2) is 5.78 Å². The van der Waals surface area contributed by atoms with Gasteiger partial charge in [0, 0.05) is 18.7 Å². The van der Waals surface area contributed by atoms with E-state index in [2.05, 4.69) is 49.9 Å². The molecule has 0 spiro atoms. The van der Waals surface area contributed by atoms with Crippen LogP contribution in [0.15, 0.2) is 24.3 Å². The largest absolute Gasteiger partial charge is 0.308 e. The van der Waals surface area contributed by atoms with Gasteiger partial charge in [-0.2, -0.15) is 0 Å². The Morgan fingerprint density at radius 3 is 2.15 bits per heavy atom. The Balaban J connectivity index is 2.59. The first kappa shape index (κ1) is 16.9. The summed E-state index contributed by atoms with van der Waals surface area (Å²) in [4.78, 5) is 16.7. The Bertz CT molecular complexity index is 398. The van der Waals surface area contributed by atoms with E-state index in [4.69, 9.17) is 0 Å². The fraction of sp³-hybridized carbons (Fsp3) is 0.588. The standard InChI is InChI=1S/C17H28N2O/c1-5-11-19(13-12-18(3)4)14-17(20)16-9-7-15(6-2)8-10-16/h7-10H,5-6,11-14H2,1-4H3. The second-order valence-corrected chi connectivity index (χ2v) is 5.55. The van der Waals surface area contributed by atoms with Crippen molar-refractivity contribution in [3.8, 4) is 0 Å². The van der Waals surface area contributed by atoms with E-state index >= 15 is 0 Å². The van der Waals surface area contributed by atoms with Crippen molar-refractivity contribution < 1.29 is 4.79 Å². The molecule has 0 unspecified atom stereocenters. The van der Waals surface area contributed by atoms with Gasteiger partial charge in [0.2, 0.25) is 0 Å². The number of likely N-dealkylation sites (N-methyl/N-ethyl adjacent to an activating group) is 1. The summed E-state index contributed by atoms with van der Waals surface area (Å²) in [6.45, 7) is 7.71. The Hall–Kier alpha value is -1.19. The van der Waals surface area contributed by atoms with Crippen LogP contribution in [0.25, 0.3) is 0 Å². The second-order valence-electron chi connectivity index (χ2n) is 5.55. The van der Waals surface area contributed by atoms with Crippen LogP contribution < -0.4 is 0 Å². The third-order valence-electron chi connectivity index (χ3n) is 3.45.